The molecule has 2 heterocycles. The van der Waals surface area contributed by atoms with Crippen molar-refractivity contribution in [2.45, 2.75) is 76.6 Å². The number of fused-ring (bicyclic) bond motifs is 2. The van der Waals surface area contributed by atoms with E-state index >= 15 is 0 Å². The predicted octanol–water partition coefficient (Wildman–Crippen LogP) is 1.93. The van der Waals surface area contributed by atoms with Crippen LogP contribution in [-0.2, 0) is 9.53 Å². The molecule has 0 aromatic heterocycles. The molecule has 2 aliphatic rings. The van der Waals surface area contributed by atoms with E-state index in [1.807, 2.05) is 20.8 Å². The van der Waals surface area contributed by atoms with Gasteiger partial charge in [-0.1, -0.05) is 6.42 Å². The van der Waals surface area contributed by atoms with Crippen molar-refractivity contribution in [2.75, 3.05) is 13.7 Å². The van der Waals surface area contributed by atoms with E-state index < -0.39 is 0 Å². The second kappa shape index (κ2) is 5.80. The molecule has 0 aromatic carbocycles. The average molecular weight is 268 g/mol. The Hall–Kier alpha value is -0.610. The number of nitrogens with zero attached hydrogens (tertiary/aromatic N) is 1. The fourth-order valence-electron chi connectivity index (χ4n) is 3.29. The van der Waals surface area contributed by atoms with E-state index in [0.29, 0.717) is 18.1 Å². The van der Waals surface area contributed by atoms with Crippen LogP contribution in [-0.4, -0.2) is 48.2 Å². The Morgan fingerprint density at radius 3 is 2.37 bits per heavy atom. The molecule has 2 aliphatic heterocycles. The first-order chi connectivity index (χ1) is 8.85. The van der Waals surface area contributed by atoms with Crippen molar-refractivity contribution in [3.63, 3.8) is 0 Å². The second-order valence-electron chi connectivity index (χ2n) is 7.04. The van der Waals surface area contributed by atoms with Gasteiger partial charge in [0.2, 0.25) is 5.91 Å². The number of rotatable bonds is 3. The van der Waals surface area contributed by atoms with Gasteiger partial charge in [0.05, 0.1) is 5.60 Å². The molecule has 0 radical (unpaired) electrons. The maximum atomic E-state index is 11.9. The van der Waals surface area contributed by atoms with Crippen LogP contribution in [0.25, 0.3) is 0 Å². The Morgan fingerprint density at radius 1 is 1.26 bits per heavy atom. The van der Waals surface area contributed by atoms with Crippen LogP contribution < -0.4 is 5.32 Å². The van der Waals surface area contributed by atoms with E-state index in [1.54, 1.807) is 0 Å². The van der Waals surface area contributed by atoms with Gasteiger partial charge in [-0.2, -0.15) is 0 Å². The van der Waals surface area contributed by atoms with Gasteiger partial charge in [-0.05, 0) is 53.5 Å². The lowest BCUT2D eigenvalue weighted by Crippen LogP contribution is -2.55. The molecule has 2 saturated heterocycles. The Bertz CT molecular complexity index is 311. The number of hydrogen-bond acceptors (Lipinski definition) is 3. The van der Waals surface area contributed by atoms with Crippen molar-refractivity contribution in [1.29, 1.82) is 0 Å². The molecule has 2 rings (SSSR count). The molecule has 4 nitrogen and oxygen atoms in total. The maximum absolute atomic E-state index is 11.9. The SMILES string of the molecule is CN1C2CCCC1CC(NC(=O)COC(C)(C)C)C2. The summed E-state index contributed by atoms with van der Waals surface area (Å²) in [5.74, 6) is 0.0301. The molecular weight excluding hydrogens is 240 g/mol. The third-order valence-electron chi connectivity index (χ3n) is 4.34. The normalized spacial score (nSPS) is 32.1. The summed E-state index contributed by atoms with van der Waals surface area (Å²) in [6, 6.07) is 1.64. The van der Waals surface area contributed by atoms with Gasteiger partial charge in [0.25, 0.3) is 0 Å². The van der Waals surface area contributed by atoms with Crippen molar-refractivity contribution in [3.8, 4) is 0 Å². The van der Waals surface area contributed by atoms with Crippen LogP contribution in [0.5, 0.6) is 0 Å². The Morgan fingerprint density at radius 2 is 1.84 bits per heavy atom. The molecule has 0 aliphatic carbocycles. The lowest BCUT2D eigenvalue weighted by molar-refractivity contribution is -0.132. The summed E-state index contributed by atoms with van der Waals surface area (Å²) in [6.45, 7) is 6.09. The lowest BCUT2D eigenvalue weighted by Gasteiger charge is -2.47. The van der Waals surface area contributed by atoms with Crippen LogP contribution in [0.15, 0.2) is 0 Å². The van der Waals surface area contributed by atoms with Gasteiger partial charge in [0, 0.05) is 18.1 Å². The lowest BCUT2D eigenvalue weighted by atomic mass is 9.82. The minimum Gasteiger partial charge on any atom is -0.366 e. The molecule has 0 aromatic rings. The molecule has 110 valence electrons. The highest BCUT2D eigenvalue weighted by Crippen LogP contribution is 2.32. The van der Waals surface area contributed by atoms with Crippen molar-refractivity contribution in [2.24, 2.45) is 0 Å². The van der Waals surface area contributed by atoms with Gasteiger partial charge in [-0.15, -0.1) is 0 Å². The van der Waals surface area contributed by atoms with Crippen LogP contribution in [0, 0.1) is 0 Å². The van der Waals surface area contributed by atoms with E-state index in [9.17, 15) is 4.79 Å². The minimum absolute atomic E-state index is 0.0301. The van der Waals surface area contributed by atoms with E-state index in [0.717, 1.165) is 12.8 Å². The Balaban J connectivity index is 1.79. The van der Waals surface area contributed by atoms with Crippen LogP contribution in [0.3, 0.4) is 0 Å². The van der Waals surface area contributed by atoms with E-state index in [4.69, 9.17) is 4.74 Å². The summed E-state index contributed by atoms with van der Waals surface area (Å²) < 4.78 is 5.53. The van der Waals surface area contributed by atoms with Gasteiger partial charge >= 0.3 is 0 Å². The van der Waals surface area contributed by atoms with Crippen LogP contribution >= 0.6 is 0 Å². The van der Waals surface area contributed by atoms with E-state index in [-0.39, 0.29) is 18.1 Å². The fraction of sp³-hybridized carbons (Fsp3) is 0.933. The van der Waals surface area contributed by atoms with Gasteiger partial charge in [-0.25, -0.2) is 0 Å². The highest BCUT2D eigenvalue weighted by molar-refractivity contribution is 5.77. The highest BCUT2D eigenvalue weighted by Gasteiger charge is 2.36. The van der Waals surface area contributed by atoms with Crippen molar-refractivity contribution in [1.82, 2.24) is 10.2 Å². The van der Waals surface area contributed by atoms with Crippen LogP contribution in [0.4, 0.5) is 0 Å². The molecule has 2 fully saturated rings. The summed E-state index contributed by atoms with van der Waals surface area (Å²) in [6.07, 6.45) is 6.08. The predicted molar refractivity (Wildman–Crippen MR) is 76.1 cm³/mol. The quantitative estimate of drug-likeness (QED) is 0.850. The fourth-order valence-corrected chi connectivity index (χ4v) is 3.29. The van der Waals surface area contributed by atoms with Gasteiger partial charge in [0.1, 0.15) is 6.61 Å². The zero-order valence-corrected chi connectivity index (χ0v) is 12.7. The first-order valence-corrected chi connectivity index (χ1v) is 7.50. The summed E-state index contributed by atoms with van der Waals surface area (Å²) in [5.41, 5.74) is -0.249. The smallest absolute Gasteiger partial charge is 0.246 e. The standard InChI is InChI=1S/C15H28N2O2/c1-15(2,3)19-10-14(18)16-11-8-12-6-5-7-13(9-11)17(12)4/h11-13H,5-10H2,1-4H3,(H,16,18). The molecular formula is C15H28N2O2. The highest BCUT2D eigenvalue weighted by atomic mass is 16.5. The van der Waals surface area contributed by atoms with Crippen molar-refractivity contribution < 1.29 is 9.53 Å². The Kier molecular flexibility index (Phi) is 4.51. The number of carbonyl (C=O) groups is 1. The number of hydrogen-bond donors (Lipinski definition) is 1. The molecule has 0 spiro atoms. The molecule has 4 heteroatoms. The molecule has 1 N–H and O–H groups in total. The molecule has 19 heavy (non-hydrogen) atoms. The average Bonchev–Trinajstić information content (AvgIpc) is 2.27. The number of carbonyl (C=O) groups excluding carboxylic acids is 1. The number of ether oxygens (including phenoxy) is 1. The monoisotopic (exact) mass is 268 g/mol. The van der Waals surface area contributed by atoms with Crippen LogP contribution in [0.2, 0.25) is 0 Å². The summed E-state index contributed by atoms with van der Waals surface area (Å²) >= 11 is 0. The van der Waals surface area contributed by atoms with Crippen molar-refractivity contribution in [3.05, 3.63) is 0 Å². The number of nitrogens with one attached hydrogen (secondary N) is 1. The topological polar surface area (TPSA) is 41.6 Å². The summed E-state index contributed by atoms with van der Waals surface area (Å²) in [4.78, 5) is 14.4. The second-order valence-corrected chi connectivity index (χ2v) is 7.04. The number of piperidine rings is 2. The van der Waals surface area contributed by atoms with Gasteiger partial charge in [-0.3, -0.25) is 4.79 Å². The molecule has 1 amide bonds. The molecule has 0 saturated carbocycles. The number of amides is 1. The van der Waals surface area contributed by atoms with E-state index in [2.05, 4.69) is 17.3 Å². The first-order valence-electron chi connectivity index (χ1n) is 7.50. The van der Waals surface area contributed by atoms with E-state index in [1.165, 1.54) is 19.3 Å². The largest absolute Gasteiger partial charge is 0.366 e. The third kappa shape index (κ3) is 4.18. The minimum atomic E-state index is -0.249. The maximum Gasteiger partial charge on any atom is 0.246 e. The molecule has 2 bridgehead atoms. The zero-order chi connectivity index (χ0) is 14.0. The Labute approximate surface area is 116 Å². The molecule has 2 atom stereocenters. The summed E-state index contributed by atoms with van der Waals surface area (Å²) in [7, 11) is 2.23. The van der Waals surface area contributed by atoms with Crippen molar-refractivity contribution >= 4 is 5.91 Å². The van der Waals surface area contributed by atoms with Gasteiger partial charge in [0.15, 0.2) is 0 Å². The molecule has 2 unspecified atom stereocenters. The zero-order valence-electron chi connectivity index (χ0n) is 12.7. The van der Waals surface area contributed by atoms with Crippen LogP contribution in [0.1, 0.15) is 52.9 Å². The summed E-state index contributed by atoms with van der Waals surface area (Å²) in [5, 5.41) is 3.15. The third-order valence-corrected chi connectivity index (χ3v) is 4.34. The van der Waals surface area contributed by atoms with Gasteiger partial charge < -0.3 is 15.0 Å². The first kappa shape index (κ1) is 14.8.